The van der Waals surface area contributed by atoms with Crippen LogP contribution in [0.4, 0.5) is 11.5 Å². The van der Waals surface area contributed by atoms with Gasteiger partial charge < -0.3 is 14.6 Å². The Labute approximate surface area is 210 Å². The highest BCUT2D eigenvalue weighted by Gasteiger charge is 2.35. The predicted octanol–water partition coefficient (Wildman–Crippen LogP) is 3.81. The largest absolute Gasteiger partial charge is 0.463 e. The molecule has 5 rings (SSSR count). The maximum atomic E-state index is 13.2. The zero-order valence-electron chi connectivity index (χ0n) is 19.4. The zero-order chi connectivity index (χ0) is 25.2. The molecule has 1 fully saturated rings. The summed E-state index contributed by atoms with van der Waals surface area (Å²) in [5.74, 6) is -0.132. The number of carbonyl (C=O) groups excluding carboxylic acids is 2. The highest BCUT2D eigenvalue weighted by atomic mass is 35.5. The number of hydrogen-bond acceptors (Lipinski definition) is 6. The van der Waals surface area contributed by atoms with Crippen LogP contribution in [0.2, 0.25) is 5.02 Å². The molecule has 0 spiro atoms. The van der Waals surface area contributed by atoms with E-state index in [2.05, 4.69) is 20.4 Å². The molecule has 1 saturated heterocycles. The summed E-state index contributed by atoms with van der Waals surface area (Å²) in [6.07, 6.45) is 3.02. The Bertz CT molecular complexity index is 1460. The monoisotopic (exact) mass is 506 g/mol. The smallest absolute Gasteiger partial charge is 0.252 e. The minimum absolute atomic E-state index is 0.0642. The number of hydrogen-bond donors (Lipinski definition) is 2. The van der Waals surface area contributed by atoms with Crippen molar-refractivity contribution >= 4 is 34.9 Å². The normalized spacial score (nSPS) is 15.4. The Morgan fingerprint density at radius 3 is 2.75 bits per heavy atom. The fourth-order valence-corrected chi connectivity index (χ4v) is 4.26. The van der Waals surface area contributed by atoms with Crippen LogP contribution in [0.15, 0.2) is 64.0 Å². The van der Waals surface area contributed by atoms with Crippen molar-refractivity contribution in [3.05, 3.63) is 75.9 Å². The summed E-state index contributed by atoms with van der Waals surface area (Å²) in [6.45, 7) is 2.22. The molecule has 1 aliphatic rings. The molecule has 0 saturated carbocycles. The van der Waals surface area contributed by atoms with E-state index in [1.807, 2.05) is 6.92 Å². The fraction of sp³-hybridized carbons (Fsp3) is 0.240. The summed E-state index contributed by atoms with van der Waals surface area (Å²) in [6, 6.07) is 13.4. The first-order valence-corrected chi connectivity index (χ1v) is 11.9. The Morgan fingerprint density at radius 1 is 1.22 bits per heavy atom. The van der Waals surface area contributed by atoms with Gasteiger partial charge >= 0.3 is 0 Å². The van der Waals surface area contributed by atoms with Crippen molar-refractivity contribution in [1.29, 1.82) is 0 Å². The highest BCUT2D eigenvalue weighted by molar-refractivity contribution is 6.30. The molecule has 3 aromatic heterocycles. The second-order valence-electron chi connectivity index (χ2n) is 8.49. The van der Waals surface area contributed by atoms with Crippen LogP contribution in [-0.2, 0) is 16.0 Å². The fourth-order valence-electron chi connectivity index (χ4n) is 4.14. The maximum Gasteiger partial charge on any atom is 0.252 e. The van der Waals surface area contributed by atoms with Gasteiger partial charge in [0, 0.05) is 41.5 Å². The summed E-state index contributed by atoms with van der Waals surface area (Å²) in [7, 11) is 0. The predicted molar refractivity (Wildman–Crippen MR) is 134 cm³/mol. The molecule has 4 heterocycles. The molecule has 2 amide bonds. The number of nitrogens with one attached hydrogen (secondary N) is 2. The third-order valence-electron chi connectivity index (χ3n) is 5.86. The van der Waals surface area contributed by atoms with E-state index < -0.39 is 5.92 Å². The second-order valence-corrected chi connectivity index (χ2v) is 8.92. The van der Waals surface area contributed by atoms with Crippen molar-refractivity contribution in [2.45, 2.75) is 26.2 Å². The molecule has 184 valence electrons. The lowest BCUT2D eigenvalue weighted by atomic mass is 10.1. The number of amides is 2. The van der Waals surface area contributed by atoms with Gasteiger partial charge in [0.05, 0.1) is 12.2 Å². The summed E-state index contributed by atoms with van der Waals surface area (Å²) < 4.78 is 6.82. The average molecular weight is 507 g/mol. The van der Waals surface area contributed by atoms with Crippen molar-refractivity contribution < 1.29 is 14.0 Å². The van der Waals surface area contributed by atoms with Gasteiger partial charge in [0.2, 0.25) is 17.8 Å². The minimum atomic E-state index is -0.581. The van der Waals surface area contributed by atoms with Crippen molar-refractivity contribution in [3.8, 4) is 17.4 Å². The summed E-state index contributed by atoms with van der Waals surface area (Å²) in [5.41, 5.74) is 1.42. The molecule has 4 aromatic rings. The third kappa shape index (κ3) is 4.80. The molecular formula is C25H23ClN6O4. The van der Waals surface area contributed by atoms with E-state index in [0.29, 0.717) is 40.1 Å². The van der Waals surface area contributed by atoms with Gasteiger partial charge in [-0.05, 0) is 42.8 Å². The molecule has 1 atom stereocenters. The first kappa shape index (κ1) is 23.6. The van der Waals surface area contributed by atoms with Gasteiger partial charge in [-0.25, -0.2) is 4.98 Å². The summed E-state index contributed by atoms with van der Waals surface area (Å²) >= 11 is 5.96. The van der Waals surface area contributed by atoms with Gasteiger partial charge in [-0.2, -0.15) is 9.78 Å². The SMILES string of the molecule is CCCc1cc(=O)[nH]c(-n2nc(-c3ccco3)cc2NC(=O)C2CC(=O)N(c3ccc(Cl)cc3)C2)n1. The topological polar surface area (TPSA) is 126 Å². The van der Waals surface area contributed by atoms with E-state index in [0.717, 1.165) is 6.42 Å². The molecule has 2 N–H and O–H groups in total. The Morgan fingerprint density at radius 2 is 2.03 bits per heavy atom. The van der Waals surface area contributed by atoms with Crippen LogP contribution in [0.25, 0.3) is 17.4 Å². The van der Waals surface area contributed by atoms with Gasteiger partial charge in [0.1, 0.15) is 11.5 Å². The van der Waals surface area contributed by atoms with Crippen molar-refractivity contribution in [1.82, 2.24) is 19.7 Å². The lowest BCUT2D eigenvalue weighted by Gasteiger charge is -2.17. The Balaban J connectivity index is 1.44. The zero-order valence-corrected chi connectivity index (χ0v) is 20.2. The lowest BCUT2D eigenvalue weighted by molar-refractivity contribution is -0.122. The number of aromatic nitrogens is 4. The molecule has 1 aliphatic heterocycles. The van der Waals surface area contributed by atoms with Gasteiger partial charge in [0.15, 0.2) is 5.76 Å². The molecule has 36 heavy (non-hydrogen) atoms. The molecule has 10 nitrogen and oxygen atoms in total. The van der Waals surface area contributed by atoms with E-state index >= 15 is 0 Å². The number of rotatable bonds is 7. The highest BCUT2D eigenvalue weighted by Crippen LogP contribution is 2.29. The minimum Gasteiger partial charge on any atom is -0.463 e. The van der Waals surface area contributed by atoms with Crippen LogP contribution in [-0.4, -0.2) is 38.1 Å². The quantitative estimate of drug-likeness (QED) is 0.392. The molecule has 0 radical (unpaired) electrons. The average Bonchev–Trinajstić information content (AvgIpc) is 3.59. The molecular weight excluding hydrogens is 484 g/mol. The number of anilines is 2. The van der Waals surface area contributed by atoms with Crippen LogP contribution < -0.4 is 15.8 Å². The first-order chi connectivity index (χ1) is 17.4. The van der Waals surface area contributed by atoms with E-state index in [4.69, 9.17) is 16.0 Å². The standard InChI is InChI=1S/C25H23ClN6O4/c1-2-4-17-12-22(33)29-25(27-17)32-21(13-19(30-32)20-5-3-10-36-20)28-24(35)15-11-23(34)31(14-15)18-8-6-16(26)7-9-18/h3,5-10,12-13,15H,2,4,11,14H2,1H3,(H,28,35)(H,27,29,33). The second kappa shape index (κ2) is 9.82. The third-order valence-corrected chi connectivity index (χ3v) is 6.11. The summed E-state index contributed by atoms with van der Waals surface area (Å²) in [5, 5.41) is 7.94. The van der Waals surface area contributed by atoms with Crippen LogP contribution in [0.5, 0.6) is 0 Å². The molecule has 1 aromatic carbocycles. The van der Waals surface area contributed by atoms with E-state index in [-0.39, 0.29) is 36.3 Å². The maximum absolute atomic E-state index is 13.2. The van der Waals surface area contributed by atoms with Crippen molar-refractivity contribution in [3.63, 3.8) is 0 Å². The molecule has 1 unspecified atom stereocenters. The van der Waals surface area contributed by atoms with Crippen LogP contribution >= 0.6 is 11.6 Å². The van der Waals surface area contributed by atoms with E-state index in [9.17, 15) is 14.4 Å². The van der Waals surface area contributed by atoms with E-state index in [1.165, 1.54) is 17.0 Å². The van der Waals surface area contributed by atoms with Gasteiger partial charge in [0.25, 0.3) is 5.56 Å². The summed E-state index contributed by atoms with van der Waals surface area (Å²) in [4.78, 5) is 46.9. The Kier molecular flexibility index (Phi) is 6.43. The van der Waals surface area contributed by atoms with Gasteiger partial charge in [-0.15, -0.1) is 0 Å². The lowest BCUT2D eigenvalue weighted by Crippen LogP contribution is -2.28. The number of furan rings is 1. The number of aromatic amines is 1. The van der Waals surface area contributed by atoms with Crippen LogP contribution in [0.3, 0.4) is 0 Å². The van der Waals surface area contributed by atoms with Crippen LogP contribution in [0.1, 0.15) is 25.5 Å². The number of benzene rings is 1. The van der Waals surface area contributed by atoms with Crippen molar-refractivity contribution in [2.24, 2.45) is 5.92 Å². The number of aryl methyl sites for hydroxylation is 1. The number of halogens is 1. The van der Waals surface area contributed by atoms with E-state index in [1.54, 1.807) is 47.4 Å². The van der Waals surface area contributed by atoms with Crippen LogP contribution in [0, 0.1) is 5.92 Å². The van der Waals surface area contributed by atoms with Gasteiger partial charge in [-0.3, -0.25) is 19.4 Å². The number of carbonyl (C=O) groups is 2. The molecule has 0 aliphatic carbocycles. The number of nitrogens with zero attached hydrogens (tertiary/aromatic N) is 4. The van der Waals surface area contributed by atoms with Gasteiger partial charge in [-0.1, -0.05) is 24.9 Å². The molecule has 11 heteroatoms. The Hall–Kier alpha value is -4.18. The first-order valence-electron chi connectivity index (χ1n) is 11.5. The number of H-pyrrole nitrogens is 1. The molecule has 0 bridgehead atoms. The van der Waals surface area contributed by atoms with Crippen molar-refractivity contribution in [2.75, 3.05) is 16.8 Å².